The van der Waals surface area contributed by atoms with Gasteiger partial charge in [0.1, 0.15) is 11.6 Å². The molecule has 0 fully saturated rings. The molecule has 2 rings (SSSR count). The fourth-order valence-electron chi connectivity index (χ4n) is 2.71. The summed E-state index contributed by atoms with van der Waals surface area (Å²) >= 11 is 0. The van der Waals surface area contributed by atoms with Gasteiger partial charge in [0.05, 0.1) is 19.3 Å². The maximum atomic E-state index is 12.8. The summed E-state index contributed by atoms with van der Waals surface area (Å²) < 4.78 is 30.0. The van der Waals surface area contributed by atoms with Crippen LogP contribution in [0.15, 0.2) is 60.7 Å². The van der Waals surface area contributed by atoms with Crippen LogP contribution in [0.2, 0.25) is 0 Å². The molecule has 0 aliphatic carbocycles. The Morgan fingerprint density at radius 3 is 1.63 bits per heavy atom. The van der Waals surface area contributed by atoms with E-state index in [2.05, 4.69) is 4.74 Å². The van der Waals surface area contributed by atoms with Crippen molar-refractivity contribution in [3.05, 3.63) is 83.4 Å². The number of halogens is 2. The van der Waals surface area contributed by atoms with E-state index >= 15 is 0 Å². The first-order valence-electron chi connectivity index (χ1n) is 10.2. The number of allylic oxidation sites excluding steroid dienone is 2. The number of hydrogen-bond acceptors (Lipinski definition) is 5. The van der Waals surface area contributed by atoms with Crippen molar-refractivity contribution in [3.8, 4) is 0 Å². The van der Waals surface area contributed by atoms with E-state index in [1.54, 1.807) is 18.2 Å². The number of methoxy groups -OCH3 is 1. The maximum Gasteiger partial charge on any atom is 0.338 e. The van der Waals surface area contributed by atoms with Crippen molar-refractivity contribution in [3.63, 3.8) is 0 Å². The minimum Gasteiger partial charge on any atom is -0.481 e. The summed E-state index contributed by atoms with van der Waals surface area (Å²) in [6.45, 7) is -0.189. The summed E-state index contributed by atoms with van der Waals surface area (Å²) in [5.41, 5.74) is 2.04. The number of ether oxygens (including phenoxy) is 1. The van der Waals surface area contributed by atoms with E-state index < -0.39 is 23.7 Å². The molecule has 0 bridgehead atoms. The van der Waals surface area contributed by atoms with Crippen LogP contribution in [0.1, 0.15) is 36.8 Å². The number of rotatable bonds is 10. The molecule has 0 aliphatic rings. The van der Waals surface area contributed by atoms with Gasteiger partial charge in [0, 0.05) is 31.4 Å². The normalized spacial score (nSPS) is 11.0. The van der Waals surface area contributed by atoms with Crippen molar-refractivity contribution in [2.24, 2.45) is 0 Å². The Kier molecular flexibility index (Phi) is 15.6. The number of esters is 1. The second kappa shape index (κ2) is 17.2. The van der Waals surface area contributed by atoms with Crippen molar-refractivity contribution in [2.45, 2.75) is 25.7 Å². The van der Waals surface area contributed by atoms with E-state index in [0.717, 1.165) is 0 Å². The zero-order valence-electron chi connectivity index (χ0n) is 19.0. The van der Waals surface area contributed by atoms with Crippen LogP contribution in [-0.2, 0) is 37.7 Å². The smallest absolute Gasteiger partial charge is 0.338 e. The Morgan fingerprint density at radius 1 is 0.800 bits per heavy atom. The van der Waals surface area contributed by atoms with Gasteiger partial charge in [-0.25, -0.2) is 13.6 Å². The van der Waals surface area contributed by atoms with Gasteiger partial charge in [0.25, 0.3) is 0 Å². The molecule has 35 heavy (non-hydrogen) atoms. The summed E-state index contributed by atoms with van der Waals surface area (Å²) in [4.78, 5) is 32.3. The molecule has 7 nitrogen and oxygen atoms in total. The molecule has 0 atom stereocenters. The molecule has 2 aromatic carbocycles. The second-order valence-electron chi connectivity index (χ2n) is 6.88. The van der Waals surface area contributed by atoms with Gasteiger partial charge in [-0.1, -0.05) is 36.4 Å². The van der Waals surface area contributed by atoms with Gasteiger partial charge >= 0.3 is 17.9 Å². The average Bonchev–Trinajstić information content (AvgIpc) is 2.81. The van der Waals surface area contributed by atoms with Crippen LogP contribution in [0.5, 0.6) is 0 Å². The number of carbonyl (C=O) groups is 3. The largest absolute Gasteiger partial charge is 0.481 e. The van der Waals surface area contributed by atoms with E-state index in [1.165, 1.54) is 49.6 Å². The third-order valence-electron chi connectivity index (χ3n) is 4.40. The summed E-state index contributed by atoms with van der Waals surface area (Å²) in [5, 5.41) is 26.1. The zero-order chi connectivity index (χ0) is 25.5. The van der Waals surface area contributed by atoms with Crippen LogP contribution < -0.4 is 0 Å². The van der Waals surface area contributed by atoms with Crippen LogP contribution in [-0.4, -0.2) is 46.9 Å². The summed E-state index contributed by atoms with van der Waals surface area (Å²) in [7, 11) is 1.23. The zero-order valence-corrected chi connectivity index (χ0v) is 20.4. The van der Waals surface area contributed by atoms with Gasteiger partial charge < -0.3 is 20.1 Å². The van der Waals surface area contributed by atoms with E-state index in [1.807, 2.05) is 0 Å². The molecule has 0 aromatic heterocycles. The second-order valence-corrected chi connectivity index (χ2v) is 6.88. The topological polar surface area (TPSA) is 121 Å². The number of carboxylic acids is 2. The first-order valence-corrected chi connectivity index (χ1v) is 10.2. The van der Waals surface area contributed by atoms with Gasteiger partial charge in [0.15, 0.2) is 0 Å². The van der Waals surface area contributed by atoms with Gasteiger partial charge in [-0.15, -0.1) is 0 Å². The third-order valence-corrected chi connectivity index (χ3v) is 4.40. The third kappa shape index (κ3) is 12.7. The minimum absolute atomic E-state index is 0. The molecule has 2 aromatic rings. The van der Waals surface area contributed by atoms with Crippen molar-refractivity contribution in [2.75, 3.05) is 13.7 Å². The molecule has 0 unspecified atom stereocenters. The quantitative estimate of drug-likeness (QED) is 0.311. The molecule has 187 valence electrons. The van der Waals surface area contributed by atoms with Crippen LogP contribution in [0, 0.1) is 11.6 Å². The van der Waals surface area contributed by atoms with E-state index in [4.69, 9.17) is 15.3 Å². The van der Waals surface area contributed by atoms with Crippen molar-refractivity contribution < 1.29 is 61.8 Å². The Bertz CT molecular complexity index is 1020. The minimum atomic E-state index is -0.949. The molecule has 3 N–H and O–H groups in total. The fraction of sp³-hybridized carbons (Fsp3) is 0.240. The Labute approximate surface area is 213 Å². The first kappa shape index (κ1) is 31.7. The van der Waals surface area contributed by atoms with Crippen LogP contribution in [0.25, 0.3) is 11.1 Å². The van der Waals surface area contributed by atoms with Crippen molar-refractivity contribution >= 4 is 29.1 Å². The SMILES string of the molecule is COC(=O)/C(=C\CCC(=O)O)c1ccc(F)cc1.O=C(O)CC/C=C(\CO)c1ccc(F)cc1.[V]. The number of hydrogen-bond donors (Lipinski definition) is 3. The van der Waals surface area contributed by atoms with Gasteiger partial charge in [-0.05, 0) is 53.8 Å². The number of benzene rings is 2. The number of aliphatic hydroxyl groups is 1. The number of aliphatic hydroxyl groups excluding tert-OH is 1. The predicted molar refractivity (Wildman–Crippen MR) is 122 cm³/mol. The van der Waals surface area contributed by atoms with E-state index in [-0.39, 0.29) is 55.8 Å². The molecule has 1 radical (unpaired) electrons. The van der Waals surface area contributed by atoms with E-state index in [9.17, 15) is 23.2 Å². The number of carboxylic acid groups (broad SMARTS) is 2. The molecule has 0 heterocycles. The first-order chi connectivity index (χ1) is 16.2. The molecule has 0 aliphatic heterocycles. The van der Waals surface area contributed by atoms with Crippen molar-refractivity contribution in [1.82, 2.24) is 0 Å². The maximum absolute atomic E-state index is 12.8. The summed E-state index contributed by atoms with van der Waals surface area (Å²) in [6.07, 6.45) is 3.63. The van der Waals surface area contributed by atoms with Crippen LogP contribution in [0.3, 0.4) is 0 Å². The average molecular weight is 527 g/mol. The molecular weight excluding hydrogens is 501 g/mol. The molecule has 0 saturated carbocycles. The Balaban J connectivity index is 0.000000646. The number of carbonyl (C=O) groups excluding carboxylic acids is 1. The summed E-state index contributed by atoms with van der Waals surface area (Å²) in [5.74, 6) is -3.16. The molecule has 0 spiro atoms. The van der Waals surface area contributed by atoms with Gasteiger partial charge in [0.2, 0.25) is 0 Å². The molecular formula is C25H26F2O7V. The molecule has 10 heteroatoms. The predicted octanol–water partition coefficient (Wildman–Crippen LogP) is 4.31. The monoisotopic (exact) mass is 527 g/mol. The fourth-order valence-corrected chi connectivity index (χ4v) is 2.71. The van der Waals surface area contributed by atoms with Crippen LogP contribution >= 0.6 is 0 Å². The van der Waals surface area contributed by atoms with Gasteiger partial charge in [-0.2, -0.15) is 0 Å². The Morgan fingerprint density at radius 2 is 1.23 bits per heavy atom. The van der Waals surface area contributed by atoms with E-state index in [0.29, 0.717) is 23.1 Å². The van der Waals surface area contributed by atoms with Gasteiger partial charge in [-0.3, -0.25) is 9.59 Å². The molecule has 0 amide bonds. The Hall–Kier alpha value is -3.27. The molecule has 0 saturated heterocycles. The standard InChI is InChI=1S/C13H13FO4.C12H13FO3.V/c1-18-13(17)11(3-2-4-12(15)16)9-5-7-10(14)8-6-9;13-11-6-4-9(5-7-11)10(8-14)2-1-3-12(15)16;/h3,5-8H,2,4H2,1H3,(H,15,16);2,4-7,14H,1,3,8H2,(H,15,16);/b11-3-;10-2+;. The summed E-state index contributed by atoms with van der Waals surface area (Å²) in [6, 6.07) is 11.0. The van der Waals surface area contributed by atoms with Crippen LogP contribution in [0.4, 0.5) is 8.78 Å². The number of aliphatic carboxylic acids is 2. The van der Waals surface area contributed by atoms with Crippen molar-refractivity contribution in [1.29, 1.82) is 0 Å².